The molecule has 3 atom stereocenters. The molecule has 2 aromatic rings. The number of nitrogens with one attached hydrogen (secondary N) is 2. The highest BCUT2D eigenvalue weighted by Gasteiger charge is 2.55. The average Bonchev–Trinajstić information content (AvgIpc) is 3.00. The first-order valence-corrected chi connectivity index (χ1v) is 8.44. The third-order valence-electron chi connectivity index (χ3n) is 5.05. The van der Waals surface area contributed by atoms with Crippen molar-refractivity contribution < 1.29 is 9.53 Å². The van der Waals surface area contributed by atoms with Crippen molar-refractivity contribution >= 4 is 11.8 Å². The molecule has 0 aliphatic heterocycles. The Morgan fingerprint density at radius 2 is 2.04 bits per heavy atom. The van der Waals surface area contributed by atoms with E-state index in [2.05, 4.69) is 41.5 Å². The van der Waals surface area contributed by atoms with Gasteiger partial charge in [0.05, 0.1) is 12.6 Å². The Balaban J connectivity index is 1.56. The van der Waals surface area contributed by atoms with Gasteiger partial charge in [0.15, 0.2) is 5.82 Å². The van der Waals surface area contributed by atoms with Crippen molar-refractivity contribution in [3.05, 3.63) is 42.4 Å². The number of carbonyl (C=O) groups excluding carboxylic acids is 1. The summed E-state index contributed by atoms with van der Waals surface area (Å²) in [7, 11) is 1.72. The first-order valence-electron chi connectivity index (χ1n) is 8.44. The van der Waals surface area contributed by atoms with Gasteiger partial charge in [-0.2, -0.15) is 5.10 Å². The lowest BCUT2D eigenvalue weighted by Crippen LogP contribution is -2.68. The van der Waals surface area contributed by atoms with Gasteiger partial charge >= 0.3 is 6.03 Å². The van der Waals surface area contributed by atoms with E-state index in [9.17, 15) is 4.79 Å². The van der Waals surface area contributed by atoms with Gasteiger partial charge in [-0.15, -0.1) is 0 Å². The maximum absolute atomic E-state index is 12.3. The molecule has 2 amide bonds. The largest absolute Gasteiger partial charge is 0.380 e. The Kier molecular flexibility index (Phi) is 4.76. The number of ether oxygens (including phenoxy) is 1. The van der Waals surface area contributed by atoms with E-state index in [4.69, 9.17) is 4.74 Å². The highest BCUT2D eigenvalue weighted by atomic mass is 16.5. The smallest absolute Gasteiger partial charge is 0.320 e. The number of hydrogen-bond donors (Lipinski definition) is 2. The maximum Gasteiger partial charge on any atom is 0.320 e. The van der Waals surface area contributed by atoms with Crippen LogP contribution in [0.15, 0.2) is 36.8 Å². The lowest BCUT2D eigenvalue weighted by molar-refractivity contribution is -0.140. The van der Waals surface area contributed by atoms with Gasteiger partial charge in [0, 0.05) is 49.1 Å². The molecule has 2 aromatic heterocycles. The van der Waals surface area contributed by atoms with Crippen molar-refractivity contribution in [2.75, 3.05) is 12.4 Å². The van der Waals surface area contributed by atoms with Crippen LogP contribution in [0.2, 0.25) is 0 Å². The van der Waals surface area contributed by atoms with Crippen molar-refractivity contribution in [3.63, 3.8) is 0 Å². The zero-order valence-electron chi connectivity index (χ0n) is 15.1. The summed E-state index contributed by atoms with van der Waals surface area (Å²) in [6.45, 7) is 6.94. The van der Waals surface area contributed by atoms with Gasteiger partial charge < -0.3 is 10.1 Å². The van der Waals surface area contributed by atoms with Crippen LogP contribution in [0.1, 0.15) is 26.3 Å². The monoisotopic (exact) mass is 343 g/mol. The molecule has 0 spiro atoms. The van der Waals surface area contributed by atoms with Crippen LogP contribution in [0, 0.1) is 11.3 Å². The summed E-state index contributed by atoms with van der Waals surface area (Å²) in [5, 5.41) is 10.2. The molecule has 7 nitrogen and oxygen atoms in total. The van der Waals surface area contributed by atoms with E-state index in [0.29, 0.717) is 12.4 Å². The standard InChI is InChI=1S/C18H25N5O2/c1-12-15(18(2,3)16(12)25-4)21-17(24)20-14-7-10-23(22-14)11-13-5-8-19-9-6-13/h5-10,12,15-16H,11H2,1-4H3,(H2,20,21,22,24). The number of rotatable bonds is 5. The lowest BCUT2D eigenvalue weighted by Gasteiger charge is -2.56. The highest BCUT2D eigenvalue weighted by molar-refractivity contribution is 5.88. The normalized spacial score (nSPS) is 24.4. The maximum atomic E-state index is 12.3. The molecule has 1 aliphatic carbocycles. The number of urea groups is 1. The number of hydrogen-bond acceptors (Lipinski definition) is 4. The minimum absolute atomic E-state index is 0.0661. The average molecular weight is 343 g/mol. The van der Waals surface area contributed by atoms with E-state index in [1.54, 1.807) is 30.3 Å². The quantitative estimate of drug-likeness (QED) is 0.874. The van der Waals surface area contributed by atoms with Crippen molar-refractivity contribution in [2.24, 2.45) is 11.3 Å². The van der Waals surface area contributed by atoms with Gasteiger partial charge in [0.1, 0.15) is 0 Å². The van der Waals surface area contributed by atoms with Crippen molar-refractivity contribution in [1.29, 1.82) is 0 Å². The zero-order chi connectivity index (χ0) is 18.0. The van der Waals surface area contributed by atoms with Crippen molar-refractivity contribution in [3.8, 4) is 0 Å². The number of carbonyl (C=O) groups is 1. The molecule has 2 heterocycles. The van der Waals surface area contributed by atoms with Gasteiger partial charge in [-0.05, 0) is 17.7 Å². The van der Waals surface area contributed by atoms with E-state index in [1.807, 2.05) is 18.3 Å². The summed E-state index contributed by atoms with van der Waals surface area (Å²) in [4.78, 5) is 16.3. The molecular formula is C18H25N5O2. The Morgan fingerprint density at radius 1 is 1.32 bits per heavy atom. The molecule has 1 aliphatic rings. The summed E-state index contributed by atoms with van der Waals surface area (Å²) in [6.07, 6.45) is 5.49. The highest BCUT2D eigenvalue weighted by Crippen LogP contribution is 2.46. The van der Waals surface area contributed by atoms with Gasteiger partial charge in [-0.3, -0.25) is 15.0 Å². The van der Waals surface area contributed by atoms with Crippen LogP contribution in [-0.2, 0) is 11.3 Å². The lowest BCUT2D eigenvalue weighted by atomic mass is 9.58. The molecule has 1 fully saturated rings. The second-order valence-corrected chi connectivity index (χ2v) is 7.17. The van der Waals surface area contributed by atoms with Gasteiger partial charge in [-0.25, -0.2) is 4.79 Å². The Hall–Kier alpha value is -2.41. The van der Waals surface area contributed by atoms with Crippen LogP contribution in [0.3, 0.4) is 0 Å². The fourth-order valence-electron chi connectivity index (χ4n) is 3.91. The molecule has 3 rings (SSSR count). The predicted octanol–water partition coefficient (Wildman–Crippen LogP) is 2.51. The van der Waals surface area contributed by atoms with E-state index >= 15 is 0 Å². The molecule has 134 valence electrons. The number of nitrogens with zero attached hydrogens (tertiary/aromatic N) is 3. The summed E-state index contributed by atoms with van der Waals surface area (Å²) in [5.74, 6) is 0.801. The summed E-state index contributed by atoms with van der Waals surface area (Å²) < 4.78 is 7.29. The third kappa shape index (κ3) is 3.51. The number of methoxy groups -OCH3 is 1. The molecule has 0 saturated heterocycles. The van der Waals surface area contributed by atoms with Gasteiger partial charge in [0.2, 0.25) is 0 Å². The number of amides is 2. The number of pyridine rings is 1. The number of anilines is 1. The number of aromatic nitrogens is 3. The van der Waals surface area contributed by atoms with Crippen molar-refractivity contribution in [2.45, 2.75) is 39.5 Å². The molecule has 3 unspecified atom stereocenters. The molecule has 25 heavy (non-hydrogen) atoms. The van der Waals surface area contributed by atoms with Gasteiger partial charge in [-0.1, -0.05) is 20.8 Å². The van der Waals surface area contributed by atoms with E-state index in [-0.39, 0.29) is 29.5 Å². The summed E-state index contributed by atoms with van der Waals surface area (Å²) in [6, 6.07) is 5.49. The van der Waals surface area contributed by atoms with E-state index in [0.717, 1.165) is 5.56 Å². The summed E-state index contributed by atoms with van der Waals surface area (Å²) >= 11 is 0. The second kappa shape index (κ2) is 6.84. The first-order chi connectivity index (χ1) is 11.9. The molecule has 2 N–H and O–H groups in total. The summed E-state index contributed by atoms with van der Waals surface area (Å²) in [5.41, 5.74) is 1.01. The Bertz CT molecular complexity index is 728. The molecular weight excluding hydrogens is 318 g/mol. The first kappa shape index (κ1) is 17.4. The molecule has 7 heteroatoms. The van der Waals surface area contributed by atoms with Crippen LogP contribution in [0.5, 0.6) is 0 Å². The second-order valence-electron chi connectivity index (χ2n) is 7.17. The van der Waals surface area contributed by atoms with Crippen LogP contribution in [-0.4, -0.2) is 40.1 Å². The molecule has 0 radical (unpaired) electrons. The minimum Gasteiger partial charge on any atom is -0.380 e. The topological polar surface area (TPSA) is 81.1 Å². The fourth-order valence-corrected chi connectivity index (χ4v) is 3.91. The van der Waals surface area contributed by atoms with E-state index < -0.39 is 0 Å². The van der Waals surface area contributed by atoms with Gasteiger partial charge in [0.25, 0.3) is 0 Å². The fraction of sp³-hybridized carbons (Fsp3) is 0.500. The van der Waals surface area contributed by atoms with E-state index in [1.165, 1.54) is 0 Å². The SMILES string of the molecule is COC1C(C)C(NC(=O)Nc2ccn(Cc3ccncc3)n2)C1(C)C. The molecule has 0 aromatic carbocycles. The molecule has 1 saturated carbocycles. The Morgan fingerprint density at radius 3 is 2.68 bits per heavy atom. The Labute approximate surface area is 147 Å². The third-order valence-corrected chi connectivity index (χ3v) is 5.05. The van der Waals surface area contributed by atoms with Crippen LogP contribution >= 0.6 is 0 Å². The minimum atomic E-state index is -0.242. The van der Waals surface area contributed by atoms with Crippen molar-refractivity contribution in [1.82, 2.24) is 20.1 Å². The van der Waals surface area contributed by atoms with Crippen LogP contribution in [0.4, 0.5) is 10.6 Å². The molecule has 0 bridgehead atoms. The van der Waals surface area contributed by atoms with Crippen LogP contribution in [0.25, 0.3) is 0 Å². The predicted molar refractivity (Wildman–Crippen MR) is 95.3 cm³/mol. The van der Waals surface area contributed by atoms with Crippen LogP contribution < -0.4 is 10.6 Å². The zero-order valence-corrected chi connectivity index (χ0v) is 15.1.